The van der Waals surface area contributed by atoms with Crippen molar-refractivity contribution < 1.29 is 27.4 Å². The summed E-state index contributed by atoms with van der Waals surface area (Å²) in [5, 5.41) is 12.1. The van der Waals surface area contributed by atoms with Crippen molar-refractivity contribution in [3.8, 4) is 5.75 Å². The van der Waals surface area contributed by atoms with E-state index in [2.05, 4.69) is 5.32 Å². The molecule has 0 saturated carbocycles. The number of sulfone groups is 1. The molecule has 26 heavy (non-hydrogen) atoms. The lowest BCUT2D eigenvalue weighted by atomic mass is 9.97. The van der Waals surface area contributed by atoms with E-state index in [1.807, 2.05) is 0 Å². The molecule has 138 valence electrons. The van der Waals surface area contributed by atoms with Gasteiger partial charge in [0.15, 0.2) is 6.61 Å². The molecule has 0 bridgehead atoms. The van der Waals surface area contributed by atoms with Crippen LogP contribution in [0.4, 0.5) is 4.39 Å². The van der Waals surface area contributed by atoms with E-state index < -0.39 is 28.2 Å². The van der Waals surface area contributed by atoms with Crippen LogP contribution < -0.4 is 10.1 Å². The molecule has 0 spiro atoms. The van der Waals surface area contributed by atoms with Crippen LogP contribution in [0.3, 0.4) is 0 Å². The summed E-state index contributed by atoms with van der Waals surface area (Å²) in [6, 6.07) is 9.14. The maximum atomic E-state index is 13.4. The van der Waals surface area contributed by atoms with E-state index in [1.54, 1.807) is 6.07 Å². The Bertz CT molecular complexity index is 923. The summed E-state index contributed by atoms with van der Waals surface area (Å²) in [7, 11) is -3.95. The highest BCUT2D eigenvalue weighted by molar-refractivity contribution is 7.91. The van der Waals surface area contributed by atoms with E-state index in [4.69, 9.17) is 9.84 Å². The molecule has 3 rings (SSSR count). The summed E-state index contributed by atoms with van der Waals surface area (Å²) < 4.78 is 44.3. The van der Waals surface area contributed by atoms with E-state index in [-0.39, 0.29) is 21.5 Å². The average molecular weight is 379 g/mol. The van der Waals surface area contributed by atoms with Crippen molar-refractivity contribution in [2.75, 3.05) is 19.7 Å². The second-order valence-electron chi connectivity index (χ2n) is 6.03. The van der Waals surface area contributed by atoms with Crippen LogP contribution in [0.1, 0.15) is 17.9 Å². The van der Waals surface area contributed by atoms with Crippen molar-refractivity contribution in [3.05, 3.63) is 53.8 Å². The second-order valence-corrected chi connectivity index (χ2v) is 7.98. The fourth-order valence-electron chi connectivity index (χ4n) is 2.97. The van der Waals surface area contributed by atoms with Gasteiger partial charge in [0.1, 0.15) is 11.6 Å². The zero-order valence-electron chi connectivity index (χ0n) is 13.8. The minimum Gasteiger partial charge on any atom is -0.482 e. The molecule has 0 aromatic heterocycles. The van der Waals surface area contributed by atoms with Gasteiger partial charge >= 0.3 is 5.97 Å². The number of benzene rings is 2. The Labute approximate surface area is 150 Å². The van der Waals surface area contributed by atoms with E-state index in [9.17, 15) is 17.6 Å². The fraction of sp³-hybridized carbons (Fsp3) is 0.278. The summed E-state index contributed by atoms with van der Waals surface area (Å²) >= 11 is 0. The molecule has 1 saturated heterocycles. The van der Waals surface area contributed by atoms with Crippen LogP contribution in [0.25, 0.3) is 0 Å². The zero-order chi connectivity index (χ0) is 18.7. The first-order valence-corrected chi connectivity index (χ1v) is 9.56. The predicted molar refractivity (Wildman–Crippen MR) is 91.7 cm³/mol. The van der Waals surface area contributed by atoms with Crippen molar-refractivity contribution in [1.82, 2.24) is 5.32 Å². The molecular weight excluding hydrogens is 361 g/mol. The standard InChI is InChI=1S/C18H18FNO5S/c19-13-2-1-3-14(8-13)26(23,24)15-4-5-16(12-6-7-20-10-12)17(9-15)25-11-18(21)22/h1-5,8-9,12,20H,6-7,10-11H2,(H,21,22). The van der Waals surface area contributed by atoms with Crippen LogP contribution in [0, 0.1) is 5.82 Å². The van der Waals surface area contributed by atoms with Gasteiger partial charge < -0.3 is 15.2 Å². The van der Waals surface area contributed by atoms with E-state index >= 15 is 0 Å². The number of rotatable bonds is 6. The van der Waals surface area contributed by atoms with Gasteiger partial charge in [0, 0.05) is 12.5 Å². The van der Waals surface area contributed by atoms with Crippen LogP contribution >= 0.6 is 0 Å². The number of halogens is 1. The Balaban J connectivity index is 2.02. The Hall–Kier alpha value is -2.45. The highest BCUT2D eigenvalue weighted by Crippen LogP contribution is 2.34. The highest BCUT2D eigenvalue weighted by atomic mass is 32.2. The van der Waals surface area contributed by atoms with E-state index in [0.717, 1.165) is 30.7 Å². The third-order valence-electron chi connectivity index (χ3n) is 4.25. The number of hydrogen-bond acceptors (Lipinski definition) is 5. The monoisotopic (exact) mass is 379 g/mol. The topological polar surface area (TPSA) is 92.7 Å². The van der Waals surface area contributed by atoms with Crippen LogP contribution in [0.5, 0.6) is 5.75 Å². The van der Waals surface area contributed by atoms with Gasteiger partial charge in [-0.3, -0.25) is 0 Å². The molecule has 0 radical (unpaired) electrons. The molecule has 2 N–H and O–H groups in total. The van der Waals surface area contributed by atoms with Crippen molar-refractivity contribution in [1.29, 1.82) is 0 Å². The third kappa shape index (κ3) is 3.86. The summed E-state index contributed by atoms with van der Waals surface area (Å²) in [6.45, 7) is 0.961. The van der Waals surface area contributed by atoms with Gasteiger partial charge in [-0.25, -0.2) is 17.6 Å². The van der Waals surface area contributed by atoms with Crippen molar-refractivity contribution in [2.24, 2.45) is 0 Å². The number of aliphatic carboxylic acids is 1. The normalized spacial score (nSPS) is 17.2. The summed E-state index contributed by atoms with van der Waals surface area (Å²) in [4.78, 5) is 10.6. The van der Waals surface area contributed by atoms with Gasteiger partial charge in [-0.1, -0.05) is 12.1 Å². The third-order valence-corrected chi connectivity index (χ3v) is 6.00. The van der Waals surface area contributed by atoms with Gasteiger partial charge in [0.2, 0.25) is 9.84 Å². The maximum Gasteiger partial charge on any atom is 0.341 e. The number of carboxylic acids is 1. The van der Waals surface area contributed by atoms with E-state index in [1.165, 1.54) is 24.3 Å². The number of nitrogens with one attached hydrogen (secondary N) is 1. The molecule has 1 atom stereocenters. The molecule has 0 amide bonds. The molecule has 1 aliphatic rings. The molecular formula is C18H18FNO5S. The second kappa shape index (κ2) is 7.43. The lowest BCUT2D eigenvalue weighted by molar-refractivity contribution is -0.139. The fourth-order valence-corrected chi connectivity index (χ4v) is 4.28. The molecule has 1 heterocycles. The van der Waals surface area contributed by atoms with Crippen molar-refractivity contribution >= 4 is 15.8 Å². The van der Waals surface area contributed by atoms with Crippen molar-refractivity contribution in [3.63, 3.8) is 0 Å². The number of hydrogen-bond donors (Lipinski definition) is 2. The molecule has 1 aliphatic heterocycles. The minimum atomic E-state index is -3.95. The highest BCUT2D eigenvalue weighted by Gasteiger charge is 2.25. The largest absolute Gasteiger partial charge is 0.482 e. The number of carbonyl (C=O) groups is 1. The van der Waals surface area contributed by atoms with Gasteiger partial charge in [0.05, 0.1) is 9.79 Å². The van der Waals surface area contributed by atoms with Gasteiger partial charge in [-0.2, -0.15) is 0 Å². The lowest BCUT2D eigenvalue weighted by Crippen LogP contribution is -2.14. The summed E-state index contributed by atoms with van der Waals surface area (Å²) in [6.07, 6.45) is 0.847. The molecule has 0 aliphatic carbocycles. The minimum absolute atomic E-state index is 0.0711. The quantitative estimate of drug-likeness (QED) is 0.799. The first kappa shape index (κ1) is 18.3. The molecule has 8 heteroatoms. The van der Waals surface area contributed by atoms with Crippen LogP contribution in [0.2, 0.25) is 0 Å². The Kier molecular flexibility index (Phi) is 5.24. The molecule has 6 nitrogen and oxygen atoms in total. The van der Waals surface area contributed by atoms with Crippen molar-refractivity contribution in [2.45, 2.75) is 22.1 Å². The Morgan fingerprint density at radius 2 is 2.00 bits per heavy atom. The Morgan fingerprint density at radius 3 is 2.65 bits per heavy atom. The maximum absolute atomic E-state index is 13.4. The first-order chi connectivity index (χ1) is 12.4. The predicted octanol–water partition coefficient (Wildman–Crippen LogP) is 2.20. The number of ether oxygens (including phenoxy) is 1. The van der Waals surface area contributed by atoms with Crippen LogP contribution in [0.15, 0.2) is 52.3 Å². The molecule has 2 aromatic carbocycles. The SMILES string of the molecule is O=C(O)COc1cc(S(=O)(=O)c2cccc(F)c2)ccc1C1CCNC1. The van der Waals surface area contributed by atoms with Crippen LogP contribution in [-0.4, -0.2) is 39.2 Å². The van der Waals surface area contributed by atoms with Crippen LogP contribution in [-0.2, 0) is 14.6 Å². The van der Waals surface area contributed by atoms with Gasteiger partial charge in [0.25, 0.3) is 0 Å². The molecule has 1 fully saturated rings. The lowest BCUT2D eigenvalue weighted by Gasteiger charge is -2.16. The van der Waals surface area contributed by atoms with E-state index in [0.29, 0.717) is 6.54 Å². The summed E-state index contributed by atoms with van der Waals surface area (Å²) in [5.41, 5.74) is 0.759. The molecule has 2 aromatic rings. The van der Waals surface area contributed by atoms with Gasteiger partial charge in [-0.05, 0) is 48.9 Å². The first-order valence-electron chi connectivity index (χ1n) is 8.08. The summed E-state index contributed by atoms with van der Waals surface area (Å²) in [5.74, 6) is -1.47. The molecule has 1 unspecified atom stereocenters. The number of carboxylic acid groups (broad SMARTS) is 1. The average Bonchev–Trinajstić information content (AvgIpc) is 3.14. The zero-order valence-corrected chi connectivity index (χ0v) is 14.6. The smallest absolute Gasteiger partial charge is 0.341 e. The van der Waals surface area contributed by atoms with Gasteiger partial charge in [-0.15, -0.1) is 0 Å². The Morgan fingerprint density at radius 1 is 1.23 bits per heavy atom.